The molecule has 8 heteroatoms. The van der Waals surface area contributed by atoms with Crippen LogP contribution >= 0.6 is 0 Å². The molecule has 96 valence electrons. The van der Waals surface area contributed by atoms with Crippen LogP contribution in [0.5, 0.6) is 0 Å². The van der Waals surface area contributed by atoms with Gasteiger partial charge in [0.25, 0.3) is 0 Å². The van der Waals surface area contributed by atoms with Gasteiger partial charge in [-0.05, 0) is 18.2 Å². The molecule has 2 aromatic rings. The smallest absolute Gasteiger partial charge is 0.238 e. The van der Waals surface area contributed by atoms with Crippen LogP contribution in [0.4, 0.5) is 10.1 Å². The zero-order valence-corrected chi connectivity index (χ0v) is 10.0. The molecule has 18 heavy (non-hydrogen) atoms. The van der Waals surface area contributed by atoms with Gasteiger partial charge in [0.1, 0.15) is 5.82 Å². The lowest BCUT2D eigenvalue weighted by Crippen LogP contribution is -2.12. The summed E-state index contributed by atoms with van der Waals surface area (Å²) in [5.74, 6) is -0.676. The van der Waals surface area contributed by atoms with Gasteiger partial charge in [-0.15, -0.1) is 0 Å². The Morgan fingerprint density at radius 2 is 2.22 bits per heavy atom. The highest BCUT2D eigenvalue weighted by molar-refractivity contribution is 7.89. The van der Waals surface area contributed by atoms with E-state index in [2.05, 4.69) is 15.5 Å². The summed E-state index contributed by atoms with van der Waals surface area (Å²) in [5, 5.41) is 14.1. The fourth-order valence-electron chi connectivity index (χ4n) is 1.39. The molecule has 2 rings (SSSR count). The molecule has 0 saturated heterocycles. The maximum absolute atomic E-state index is 13.6. The van der Waals surface area contributed by atoms with E-state index in [0.717, 1.165) is 11.6 Å². The lowest BCUT2D eigenvalue weighted by Gasteiger charge is -2.07. The summed E-state index contributed by atoms with van der Waals surface area (Å²) in [6.07, 6.45) is 3.27. The van der Waals surface area contributed by atoms with E-state index >= 15 is 0 Å². The first-order valence-electron chi connectivity index (χ1n) is 5.01. The van der Waals surface area contributed by atoms with Gasteiger partial charge < -0.3 is 5.32 Å². The standard InChI is InChI=1S/C10H11FN4O2S/c11-9-3-8(18(12,16)17)1-2-10(9)13-4-7-5-14-15-6-7/h1-3,5-6,13H,4H2,(H,14,15)(H2,12,16,17). The molecular weight excluding hydrogens is 259 g/mol. The largest absolute Gasteiger partial charge is 0.378 e. The van der Waals surface area contributed by atoms with E-state index in [-0.39, 0.29) is 10.6 Å². The minimum Gasteiger partial charge on any atom is -0.378 e. The highest BCUT2D eigenvalue weighted by atomic mass is 32.2. The van der Waals surface area contributed by atoms with Crippen molar-refractivity contribution in [2.75, 3.05) is 5.32 Å². The van der Waals surface area contributed by atoms with Gasteiger partial charge in [-0.25, -0.2) is 17.9 Å². The van der Waals surface area contributed by atoms with Crippen LogP contribution in [0.2, 0.25) is 0 Å². The van der Waals surface area contributed by atoms with Crippen LogP contribution in [0.1, 0.15) is 5.56 Å². The Morgan fingerprint density at radius 3 is 2.78 bits per heavy atom. The molecule has 0 aliphatic heterocycles. The Kier molecular flexibility index (Phi) is 3.30. The normalized spacial score (nSPS) is 11.4. The first-order chi connectivity index (χ1) is 8.47. The van der Waals surface area contributed by atoms with E-state index in [1.807, 2.05) is 0 Å². The third-order valence-electron chi connectivity index (χ3n) is 2.31. The number of H-pyrrole nitrogens is 1. The number of rotatable bonds is 4. The fraction of sp³-hybridized carbons (Fsp3) is 0.100. The van der Waals surface area contributed by atoms with E-state index in [1.54, 1.807) is 12.4 Å². The van der Waals surface area contributed by atoms with Gasteiger partial charge in [-0.2, -0.15) is 5.10 Å². The first kappa shape index (κ1) is 12.5. The zero-order valence-electron chi connectivity index (χ0n) is 9.22. The molecule has 0 aliphatic carbocycles. The van der Waals surface area contributed by atoms with Crippen LogP contribution < -0.4 is 10.5 Å². The summed E-state index contributed by atoms with van der Waals surface area (Å²) in [5.41, 5.74) is 1.05. The fourth-order valence-corrected chi connectivity index (χ4v) is 1.91. The predicted octanol–water partition coefficient (Wildman–Crippen LogP) is 0.808. The average molecular weight is 270 g/mol. The monoisotopic (exact) mass is 270 g/mol. The van der Waals surface area contributed by atoms with Gasteiger partial charge in [0.15, 0.2) is 0 Å². The van der Waals surface area contributed by atoms with Crippen molar-refractivity contribution in [2.45, 2.75) is 11.4 Å². The number of benzene rings is 1. The second-order valence-corrected chi connectivity index (χ2v) is 5.21. The Morgan fingerprint density at radius 1 is 1.44 bits per heavy atom. The van der Waals surface area contributed by atoms with Crippen molar-refractivity contribution in [3.63, 3.8) is 0 Å². The lowest BCUT2D eigenvalue weighted by molar-refractivity contribution is 0.593. The third kappa shape index (κ3) is 2.84. The van der Waals surface area contributed by atoms with Crippen LogP contribution in [0.3, 0.4) is 0 Å². The highest BCUT2D eigenvalue weighted by Gasteiger charge is 2.11. The molecule has 0 atom stereocenters. The van der Waals surface area contributed by atoms with Crippen LogP contribution in [-0.4, -0.2) is 18.6 Å². The van der Waals surface area contributed by atoms with Crippen molar-refractivity contribution < 1.29 is 12.8 Å². The van der Waals surface area contributed by atoms with Gasteiger partial charge in [-0.1, -0.05) is 0 Å². The van der Waals surface area contributed by atoms with Gasteiger partial charge in [0, 0.05) is 18.3 Å². The van der Waals surface area contributed by atoms with E-state index in [4.69, 9.17) is 5.14 Å². The van der Waals surface area contributed by atoms with Gasteiger partial charge >= 0.3 is 0 Å². The van der Waals surface area contributed by atoms with E-state index in [9.17, 15) is 12.8 Å². The number of nitrogens with zero attached hydrogens (tertiary/aromatic N) is 1. The summed E-state index contributed by atoms with van der Waals surface area (Å²) in [7, 11) is -3.88. The zero-order chi connectivity index (χ0) is 13.2. The summed E-state index contributed by atoms with van der Waals surface area (Å²) in [6, 6.07) is 3.46. The van der Waals surface area contributed by atoms with E-state index < -0.39 is 15.8 Å². The predicted molar refractivity (Wildman–Crippen MR) is 63.7 cm³/mol. The number of aromatic amines is 1. The number of sulfonamides is 1. The molecule has 0 bridgehead atoms. The van der Waals surface area contributed by atoms with Crippen molar-refractivity contribution in [2.24, 2.45) is 5.14 Å². The van der Waals surface area contributed by atoms with Crippen molar-refractivity contribution in [3.05, 3.63) is 42.0 Å². The molecule has 0 unspecified atom stereocenters. The number of nitrogens with one attached hydrogen (secondary N) is 2. The summed E-state index contributed by atoms with van der Waals surface area (Å²) in [6.45, 7) is 0.377. The number of halogens is 1. The SMILES string of the molecule is NS(=O)(=O)c1ccc(NCc2cn[nH]c2)c(F)c1. The molecule has 0 radical (unpaired) electrons. The van der Waals surface area contributed by atoms with Crippen LogP contribution in [0.15, 0.2) is 35.5 Å². The molecule has 0 amide bonds. The third-order valence-corrected chi connectivity index (χ3v) is 3.22. The van der Waals surface area contributed by atoms with Crippen LogP contribution in [0.25, 0.3) is 0 Å². The van der Waals surface area contributed by atoms with Gasteiger partial charge in [0.2, 0.25) is 10.0 Å². The molecule has 6 nitrogen and oxygen atoms in total. The second kappa shape index (κ2) is 4.75. The van der Waals surface area contributed by atoms with Crippen molar-refractivity contribution >= 4 is 15.7 Å². The lowest BCUT2D eigenvalue weighted by atomic mass is 10.3. The topological polar surface area (TPSA) is 101 Å². The molecule has 1 aromatic carbocycles. The first-order valence-corrected chi connectivity index (χ1v) is 6.55. The number of anilines is 1. The maximum atomic E-state index is 13.6. The molecule has 0 spiro atoms. The summed E-state index contributed by atoms with van der Waals surface area (Å²) in [4.78, 5) is -0.256. The van der Waals surface area contributed by atoms with Gasteiger partial charge in [0.05, 0.1) is 16.8 Å². The number of hydrogen-bond donors (Lipinski definition) is 3. The van der Waals surface area contributed by atoms with Crippen molar-refractivity contribution in [1.29, 1.82) is 0 Å². The van der Waals surface area contributed by atoms with Crippen LogP contribution in [-0.2, 0) is 16.6 Å². The van der Waals surface area contributed by atoms with Crippen molar-refractivity contribution in [1.82, 2.24) is 10.2 Å². The number of hydrogen-bond acceptors (Lipinski definition) is 4. The molecule has 1 aromatic heterocycles. The molecular formula is C10H11FN4O2S. The van der Waals surface area contributed by atoms with Gasteiger partial charge in [-0.3, -0.25) is 5.10 Å². The Balaban J connectivity index is 2.15. The number of nitrogens with two attached hydrogens (primary N) is 1. The quantitative estimate of drug-likeness (QED) is 0.765. The minimum absolute atomic E-state index is 0.198. The minimum atomic E-state index is -3.88. The van der Waals surface area contributed by atoms with Crippen molar-refractivity contribution in [3.8, 4) is 0 Å². The average Bonchev–Trinajstić information content (AvgIpc) is 2.79. The molecule has 0 fully saturated rings. The number of primary sulfonamides is 1. The Hall–Kier alpha value is -1.93. The number of aromatic nitrogens is 2. The Bertz CT molecular complexity index is 640. The Labute approximate surface area is 103 Å². The highest BCUT2D eigenvalue weighted by Crippen LogP contribution is 2.18. The molecule has 0 aliphatic rings. The summed E-state index contributed by atoms with van der Waals surface area (Å²) >= 11 is 0. The van der Waals surface area contributed by atoms with E-state index in [0.29, 0.717) is 6.54 Å². The van der Waals surface area contributed by atoms with Crippen LogP contribution in [0, 0.1) is 5.82 Å². The van der Waals surface area contributed by atoms with E-state index in [1.165, 1.54) is 12.1 Å². The maximum Gasteiger partial charge on any atom is 0.238 e. The second-order valence-electron chi connectivity index (χ2n) is 3.65. The molecule has 4 N–H and O–H groups in total. The molecule has 0 saturated carbocycles. The molecule has 1 heterocycles. The summed E-state index contributed by atoms with van der Waals surface area (Å²) < 4.78 is 35.6.